The lowest BCUT2D eigenvalue weighted by atomic mass is 9.84. The van der Waals surface area contributed by atoms with Crippen LogP contribution in [0.1, 0.15) is 44.9 Å². The summed E-state index contributed by atoms with van der Waals surface area (Å²) in [6.07, 6.45) is 10.6. The first kappa shape index (κ1) is 22.8. The maximum atomic E-state index is 11.9. The van der Waals surface area contributed by atoms with Crippen LogP contribution in [0.15, 0.2) is 41.1 Å². The van der Waals surface area contributed by atoms with Crippen molar-refractivity contribution in [3.63, 3.8) is 0 Å². The van der Waals surface area contributed by atoms with E-state index in [1.54, 1.807) is 12.5 Å². The molecule has 0 bridgehead atoms. The molecule has 32 heavy (non-hydrogen) atoms. The number of nitrogens with one attached hydrogen (secondary N) is 1. The van der Waals surface area contributed by atoms with Crippen LogP contribution in [0.5, 0.6) is 0 Å². The van der Waals surface area contributed by atoms with Crippen LogP contribution >= 0.6 is 0 Å². The van der Waals surface area contributed by atoms with Crippen LogP contribution in [0.4, 0.5) is 5.69 Å². The fourth-order valence-corrected chi connectivity index (χ4v) is 4.95. The summed E-state index contributed by atoms with van der Waals surface area (Å²) in [5, 5.41) is 3.19. The molecule has 1 aromatic heterocycles. The molecule has 1 aliphatic heterocycles. The van der Waals surface area contributed by atoms with Gasteiger partial charge in [-0.15, -0.1) is 0 Å². The molecule has 0 spiro atoms. The van der Waals surface area contributed by atoms with Crippen LogP contribution in [-0.4, -0.2) is 61.1 Å². The number of anilines is 1. The van der Waals surface area contributed by atoms with Gasteiger partial charge in [0.2, 0.25) is 11.8 Å². The van der Waals surface area contributed by atoms with Crippen LogP contribution < -0.4 is 16.0 Å². The summed E-state index contributed by atoms with van der Waals surface area (Å²) in [5.41, 5.74) is 7.76. The van der Waals surface area contributed by atoms with E-state index in [4.69, 9.17) is 10.2 Å². The summed E-state index contributed by atoms with van der Waals surface area (Å²) >= 11 is 0. The number of aromatic nitrogens is 1. The Morgan fingerprint density at radius 1 is 1.16 bits per heavy atom. The molecular weight excluding hydrogens is 402 g/mol. The molecule has 2 fully saturated rings. The van der Waals surface area contributed by atoms with E-state index in [0.717, 1.165) is 56.9 Å². The van der Waals surface area contributed by atoms with E-state index in [-0.39, 0.29) is 5.91 Å². The van der Waals surface area contributed by atoms with Crippen molar-refractivity contribution in [1.82, 2.24) is 15.2 Å². The lowest BCUT2D eigenvalue weighted by Crippen LogP contribution is -2.47. The zero-order valence-corrected chi connectivity index (χ0v) is 19.0. The number of rotatable bonds is 9. The summed E-state index contributed by atoms with van der Waals surface area (Å²) < 4.78 is 5.45. The van der Waals surface area contributed by atoms with Gasteiger partial charge in [0.1, 0.15) is 6.26 Å². The molecule has 1 saturated carbocycles. The molecular formula is C25H37N5O2. The van der Waals surface area contributed by atoms with Crippen molar-refractivity contribution >= 4 is 11.6 Å². The summed E-state index contributed by atoms with van der Waals surface area (Å²) in [7, 11) is 0. The van der Waals surface area contributed by atoms with Crippen LogP contribution in [0, 0.1) is 5.92 Å². The standard InChI is InChI=1S/C25H37N5O2/c26-11-2-5-24(31)28-22-8-6-20(7-9-22)10-13-29-14-16-30(17-15-29)23-4-1-3-21(19-23)25-27-12-18-32-25/h1,3-4,12,18-20,22H,2,5-11,13-17,26H2,(H,28,31)/t20-,22-. The summed E-state index contributed by atoms with van der Waals surface area (Å²) in [6, 6.07) is 8.85. The maximum Gasteiger partial charge on any atom is 0.225 e. The Hall–Kier alpha value is -2.38. The van der Waals surface area contributed by atoms with Crippen LogP contribution in [0.3, 0.4) is 0 Å². The maximum absolute atomic E-state index is 11.9. The van der Waals surface area contributed by atoms with Gasteiger partial charge in [-0.2, -0.15) is 0 Å². The Labute approximate surface area is 191 Å². The number of oxazole rings is 1. The molecule has 1 aliphatic carbocycles. The zero-order chi connectivity index (χ0) is 22.2. The molecule has 4 rings (SSSR count). The molecule has 3 N–H and O–H groups in total. The first-order chi connectivity index (χ1) is 15.7. The predicted octanol–water partition coefficient (Wildman–Crippen LogP) is 3.27. The van der Waals surface area contributed by atoms with Gasteiger partial charge >= 0.3 is 0 Å². The van der Waals surface area contributed by atoms with E-state index in [9.17, 15) is 4.79 Å². The fraction of sp³-hybridized carbons (Fsp3) is 0.600. The molecule has 7 heteroatoms. The van der Waals surface area contributed by atoms with Crippen molar-refractivity contribution in [2.75, 3.05) is 44.2 Å². The van der Waals surface area contributed by atoms with E-state index >= 15 is 0 Å². The van der Waals surface area contributed by atoms with Gasteiger partial charge in [-0.05, 0) is 75.7 Å². The highest BCUT2D eigenvalue weighted by Gasteiger charge is 2.24. The Kier molecular flexibility index (Phi) is 8.18. The molecule has 1 aromatic carbocycles. The van der Waals surface area contributed by atoms with E-state index in [2.05, 4.69) is 38.3 Å². The SMILES string of the molecule is NCCCC(=O)N[C@H]1CC[C@H](CCN2CCN(c3cccc(-c4ncco4)c3)CC2)CC1. The van der Waals surface area contributed by atoms with Gasteiger partial charge in [-0.25, -0.2) is 4.98 Å². The molecule has 2 aliphatic rings. The summed E-state index contributed by atoms with van der Waals surface area (Å²) in [6.45, 7) is 6.09. The van der Waals surface area contributed by atoms with E-state index < -0.39 is 0 Å². The lowest BCUT2D eigenvalue weighted by Gasteiger charge is -2.37. The molecule has 0 atom stereocenters. The van der Waals surface area contributed by atoms with Crippen molar-refractivity contribution in [2.24, 2.45) is 11.7 Å². The zero-order valence-electron chi connectivity index (χ0n) is 19.0. The molecule has 7 nitrogen and oxygen atoms in total. The lowest BCUT2D eigenvalue weighted by molar-refractivity contribution is -0.122. The van der Waals surface area contributed by atoms with Crippen molar-refractivity contribution in [3.05, 3.63) is 36.7 Å². The van der Waals surface area contributed by atoms with Crippen molar-refractivity contribution in [3.8, 4) is 11.5 Å². The van der Waals surface area contributed by atoms with Crippen LogP contribution in [-0.2, 0) is 4.79 Å². The smallest absolute Gasteiger partial charge is 0.225 e. The Morgan fingerprint density at radius 3 is 2.69 bits per heavy atom. The minimum absolute atomic E-state index is 0.169. The van der Waals surface area contributed by atoms with Gasteiger partial charge in [0.25, 0.3) is 0 Å². The van der Waals surface area contributed by atoms with Crippen LogP contribution in [0.2, 0.25) is 0 Å². The molecule has 0 radical (unpaired) electrons. The minimum Gasteiger partial charge on any atom is -0.445 e. The number of amides is 1. The molecule has 1 saturated heterocycles. The quantitative estimate of drug-likeness (QED) is 0.624. The number of carbonyl (C=O) groups excluding carboxylic acids is 1. The number of hydrogen-bond donors (Lipinski definition) is 2. The molecule has 1 amide bonds. The van der Waals surface area contributed by atoms with Crippen LogP contribution in [0.25, 0.3) is 11.5 Å². The highest BCUT2D eigenvalue weighted by atomic mass is 16.3. The second-order valence-electron chi connectivity index (χ2n) is 9.18. The van der Waals surface area contributed by atoms with Gasteiger partial charge in [0.05, 0.1) is 6.20 Å². The Balaban J connectivity index is 1.15. The Bertz CT molecular complexity index is 825. The molecule has 174 valence electrons. The highest BCUT2D eigenvalue weighted by molar-refractivity contribution is 5.76. The van der Waals surface area contributed by atoms with Crippen molar-refractivity contribution in [1.29, 1.82) is 0 Å². The van der Waals surface area contributed by atoms with Gasteiger partial charge < -0.3 is 20.4 Å². The van der Waals surface area contributed by atoms with Gasteiger partial charge in [0.15, 0.2) is 0 Å². The first-order valence-electron chi connectivity index (χ1n) is 12.2. The number of benzene rings is 1. The predicted molar refractivity (Wildman–Crippen MR) is 127 cm³/mol. The number of piperazine rings is 1. The second kappa shape index (κ2) is 11.5. The average molecular weight is 440 g/mol. The third-order valence-electron chi connectivity index (χ3n) is 6.94. The minimum atomic E-state index is 0.169. The monoisotopic (exact) mass is 439 g/mol. The molecule has 2 aromatic rings. The van der Waals surface area contributed by atoms with Crippen molar-refractivity contribution in [2.45, 2.75) is 51.0 Å². The topological polar surface area (TPSA) is 87.6 Å². The average Bonchev–Trinajstić information content (AvgIpc) is 3.38. The van der Waals surface area contributed by atoms with E-state index in [1.165, 1.54) is 31.5 Å². The van der Waals surface area contributed by atoms with Gasteiger partial charge in [-0.3, -0.25) is 9.69 Å². The summed E-state index contributed by atoms with van der Waals surface area (Å²) in [5.74, 6) is 1.64. The van der Waals surface area contributed by atoms with Gasteiger partial charge in [0, 0.05) is 49.9 Å². The Morgan fingerprint density at radius 2 is 1.97 bits per heavy atom. The van der Waals surface area contributed by atoms with E-state index in [0.29, 0.717) is 24.9 Å². The fourth-order valence-electron chi connectivity index (χ4n) is 4.95. The third kappa shape index (κ3) is 6.33. The number of nitrogens with zero attached hydrogens (tertiary/aromatic N) is 3. The molecule has 2 heterocycles. The first-order valence-corrected chi connectivity index (χ1v) is 12.2. The summed E-state index contributed by atoms with van der Waals surface area (Å²) in [4.78, 5) is 21.2. The van der Waals surface area contributed by atoms with E-state index in [1.807, 2.05) is 6.07 Å². The van der Waals surface area contributed by atoms with Crippen molar-refractivity contribution < 1.29 is 9.21 Å². The highest BCUT2D eigenvalue weighted by Crippen LogP contribution is 2.28. The number of hydrogen-bond acceptors (Lipinski definition) is 6. The normalized spacial score (nSPS) is 22.1. The second-order valence-corrected chi connectivity index (χ2v) is 9.18. The third-order valence-corrected chi connectivity index (χ3v) is 6.94. The number of carbonyl (C=O) groups is 1. The molecule has 0 unspecified atom stereocenters. The van der Waals surface area contributed by atoms with Gasteiger partial charge in [-0.1, -0.05) is 6.07 Å². The number of nitrogens with two attached hydrogens (primary N) is 1. The largest absolute Gasteiger partial charge is 0.445 e.